The number of nitrogens with one attached hydrogen (secondary N) is 1. The second-order valence-electron chi connectivity index (χ2n) is 5.57. The average Bonchev–Trinajstić information content (AvgIpc) is 3.05. The Labute approximate surface area is 144 Å². The molecule has 1 aromatic heterocycles. The topological polar surface area (TPSA) is 85.1 Å². The minimum absolute atomic E-state index is 0.0422. The Morgan fingerprint density at radius 1 is 1.12 bits per heavy atom. The van der Waals surface area contributed by atoms with Crippen LogP contribution in [0, 0.1) is 12.7 Å². The summed E-state index contributed by atoms with van der Waals surface area (Å²) in [5.41, 5.74) is 1.79. The molecule has 2 aromatic carbocycles. The Kier molecular flexibility index (Phi) is 4.65. The highest BCUT2D eigenvalue weighted by Gasteiger charge is 2.23. The first kappa shape index (κ1) is 17.2. The third-order valence-corrected chi connectivity index (χ3v) is 5.21. The van der Waals surface area contributed by atoms with Gasteiger partial charge in [-0.25, -0.2) is 12.8 Å². The Morgan fingerprint density at radius 3 is 2.48 bits per heavy atom. The lowest BCUT2D eigenvalue weighted by Crippen LogP contribution is -2.27. The standard InChI is InChI=1S/C17H16FN3O3S/c1-11-5-3-4-6-15(11)16-19-17(24-20-16)12(2)21-25(22,23)14-9-7-13(18)8-10-14/h3-10,12,21H,1-2H3/t12-/m0/s1. The van der Waals surface area contributed by atoms with Crippen molar-refractivity contribution in [2.24, 2.45) is 0 Å². The lowest BCUT2D eigenvalue weighted by Gasteiger charge is -2.10. The van der Waals surface area contributed by atoms with Crippen LogP contribution in [0.15, 0.2) is 57.9 Å². The van der Waals surface area contributed by atoms with Crippen LogP contribution in [0.4, 0.5) is 4.39 Å². The predicted octanol–water partition coefficient (Wildman–Crippen LogP) is 3.22. The molecule has 0 unspecified atom stereocenters. The normalized spacial score (nSPS) is 12.9. The smallest absolute Gasteiger partial charge is 0.244 e. The van der Waals surface area contributed by atoms with Crippen molar-refractivity contribution in [1.29, 1.82) is 0 Å². The maximum absolute atomic E-state index is 13.0. The van der Waals surface area contributed by atoms with Crippen molar-refractivity contribution in [3.63, 3.8) is 0 Å². The average molecular weight is 361 g/mol. The van der Waals surface area contributed by atoms with E-state index in [9.17, 15) is 12.8 Å². The van der Waals surface area contributed by atoms with Gasteiger partial charge in [-0.15, -0.1) is 0 Å². The summed E-state index contributed by atoms with van der Waals surface area (Å²) in [6.07, 6.45) is 0. The Hall–Kier alpha value is -2.58. The summed E-state index contributed by atoms with van der Waals surface area (Å²) in [6.45, 7) is 3.52. The molecular weight excluding hydrogens is 345 g/mol. The molecule has 0 spiro atoms. The molecule has 0 bridgehead atoms. The quantitative estimate of drug-likeness (QED) is 0.754. The van der Waals surface area contributed by atoms with Gasteiger partial charge in [-0.1, -0.05) is 29.4 Å². The van der Waals surface area contributed by atoms with Crippen LogP contribution in [0.3, 0.4) is 0 Å². The van der Waals surface area contributed by atoms with E-state index in [4.69, 9.17) is 4.52 Å². The van der Waals surface area contributed by atoms with Crippen LogP contribution in [0.5, 0.6) is 0 Å². The molecule has 130 valence electrons. The molecule has 8 heteroatoms. The molecule has 0 aliphatic heterocycles. The number of hydrogen-bond donors (Lipinski definition) is 1. The highest BCUT2D eigenvalue weighted by Crippen LogP contribution is 2.22. The van der Waals surface area contributed by atoms with E-state index in [1.165, 1.54) is 12.1 Å². The molecule has 0 aliphatic carbocycles. The third-order valence-electron chi connectivity index (χ3n) is 3.65. The van der Waals surface area contributed by atoms with Gasteiger partial charge in [0.05, 0.1) is 10.9 Å². The highest BCUT2D eigenvalue weighted by molar-refractivity contribution is 7.89. The Morgan fingerprint density at radius 2 is 1.80 bits per heavy atom. The second kappa shape index (κ2) is 6.73. The van der Waals surface area contributed by atoms with Gasteiger partial charge in [-0.05, 0) is 43.7 Å². The molecule has 3 aromatic rings. The first-order valence-corrected chi connectivity index (χ1v) is 9.02. The minimum atomic E-state index is -3.83. The largest absolute Gasteiger partial charge is 0.337 e. The van der Waals surface area contributed by atoms with E-state index >= 15 is 0 Å². The van der Waals surface area contributed by atoms with Crippen molar-refractivity contribution in [1.82, 2.24) is 14.9 Å². The van der Waals surface area contributed by atoms with Gasteiger partial charge in [0.1, 0.15) is 5.82 Å². The molecule has 0 fully saturated rings. The van der Waals surface area contributed by atoms with E-state index in [0.29, 0.717) is 5.82 Å². The van der Waals surface area contributed by atoms with Crippen LogP contribution in [0.25, 0.3) is 11.4 Å². The molecule has 25 heavy (non-hydrogen) atoms. The van der Waals surface area contributed by atoms with Gasteiger partial charge in [0, 0.05) is 5.56 Å². The zero-order chi connectivity index (χ0) is 18.0. The molecule has 0 saturated heterocycles. The maximum atomic E-state index is 13.0. The molecule has 0 radical (unpaired) electrons. The highest BCUT2D eigenvalue weighted by atomic mass is 32.2. The molecule has 3 rings (SSSR count). The number of benzene rings is 2. The van der Waals surface area contributed by atoms with E-state index in [1.807, 2.05) is 31.2 Å². The van der Waals surface area contributed by atoms with Crippen LogP contribution in [0.2, 0.25) is 0 Å². The molecule has 0 amide bonds. The number of nitrogens with zero attached hydrogens (tertiary/aromatic N) is 2. The summed E-state index contributed by atoms with van der Waals surface area (Å²) >= 11 is 0. The summed E-state index contributed by atoms with van der Waals surface area (Å²) in [6, 6.07) is 11.4. The minimum Gasteiger partial charge on any atom is -0.337 e. The van der Waals surface area contributed by atoms with Gasteiger partial charge in [-0.3, -0.25) is 0 Å². The molecule has 1 N–H and O–H groups in total. The van der Waals surface area contributed by atoms with Crippen molar-refractivity contribution in [2.45, 2.75) is 24.8 Å². The van der Waals surface area contributed by atoms with Gasteiger partial charge in [0.15, 0.2) is 0 Å². The number of hydrogen-bond acceptors (Lipinski definition) is 5. The molecule has 6 nitrogen and oxygen atoms in total. The molecule has 0 saturated carbocycles. The van der Waals surface area contributed by atoms with Crippen LogP contribution in [0.1, 0.15) is 24.4 Å². The second-order valence-corrected chi connectivity index (χ2v) is 7.28. The van der Waals surface area contributed by atoms with Crippen LogP contribution in [-0.2, 0) is 10.0 Å². The molecule has 1 atom stereocenters. The van der Waals surface area contributed by atoms with Crippen molar-refractivity contribution in [3.8, 4) is 11.4 Å². The van der Waals surface area contributed by atoms with E-state index in [1.54, 1.807) is 6.92 Å². The number of aromatic nitrogens is 2. The first-order valence-electron chi connectivity index (χ1n) is 7.54. The number of halogens is 1. The number of rotatable bonds is 5. The number of sulfonamides is 1. The van der Waals surface area contributed by atoms with E-state index < -0.39 is 21.9 Å². The van der Waals surface area contributed by atoms with Gasteiger partial charge < -0.3 is 4.52 Å². The van der Waals surface area contributed by atoms with E-state index in [-0.39, 0.29) is 10.8 Å². The summed E-state index contributed by atoms with van der Waals surface area (Å²) in [5, 5.41) is 3.91. The molecular formula is C17H16FN3O3S. The fourth-order valence-electron chi connectivity index (χ4n) is 2.31. The predicted molar refractivity (Wildman–Crippen MR) is 89.6 cm³/mol. The SMILES string of the molecule is Cc1ccccc1-c1noc([C@H](C)NS(=O)(=O)c2ccc(F)cc2)n1. The lowest BCUT2D eigenvalue weighted by atomic mass is 10.1. The van der Waals surface area contributed by atoms with Gasteiger partial charge in [-0.2, -0.15) is 9.71 Å². The third kappa shape index (κ3) is 3.75. The zero-order valence-corrected chi connectivity index (χ0v) is 14.4. The molecule has 0 aliphatic rings. The van der Waals surface area contributed by atoms with E-state index in [2.05, 4.69) is 14.9 Å². The van der Waals surface area contributed by atoms with E-state index in [0.717, 1.165) is 23.3 Å². The van der Waals surface area contributed by atoms with Gasteiger partial charge >= 0.3 is 0 Å². The fourth-order valence-corrected chi connectivity index (χ4v) is 3.51. The van der Waals surface area contributed by atoms with Gasteiger partial charge in [0.25, 0.3) is 0 Å². The van der Waals surface area contributed by atoms with Crippen LogP contribution in [-0.4, -0.2) is 18.6 Å². The van der Waals surface area contributed by atoms with Crippen molar-refractivity contribution >= 4 is 10.0 Å². The summed E-state index contributed by atoms with van der Waals surface area (Å²) < 4.78 is 45.2. The first-order chi connectivity index (χ1) is 11.9. The van der Waals surface area contributed by atoms with Crippen molar-refractivity contribution < 1.29 is 17.3 Å². The summed E-state index contributed by atoms with van der Waals surface area (Å²) in [7, 11) is -3.83. The summed E-state index contributed by atoms with van der Waals surface area (Å²) in [5.74, 6) is 0.0247. The van der Waals surface area contributed by atoms with Crippen LogP contribution >= 0.6 is 0 Å². The van der Waals surface area contributed by atoms with Gasteiger partial charge in [0.2, 0.25) is 21.7 Å². The zero-order valence-electron chi connectivity index (χ0n) is 13.6. The van der Waals surface area contributed by atoms with Crippen LogP contribution < -0.4 is 4.72 Å². The fraction of sp³-hybridized carbons (Fsp3) is 0.176. The Balaban J connectivity index is 1.81. The molecule has 1 heterocycles. The number of aryl methyl sites for hydroxylation is 1. The van der Waals surface area contributed by atoms with Crippen molar-refractivity contribution in [3.05, 3.63) is 65.8 Å². The monoisotopic (exact) mass is 361 g/mol. The Bertz CT molecular complexity index is 984. The maximum Gasteiger partial charge on any atom is 0.244 e. The lowest BCUT2D eigenvalue weighted by molar-refractivity contribution is 0.354. The summed E-state index contributed by atoms with van der Waals surface area (Å²) in [4.78, 5) is 4.23. The van der Waals surface area contributed by atoms with Crippen molar-refractivity contribution in [2.75, 3.05) is 0 Å².